The fourth-order valence-electron chi connectivity index (χ4n) is 3.64. The molecule has 26 heavy (non-hydrogen) atoms. The second-order valence-electron chi connectivity index (χ2n) is 6.82. The number of aliphatic carboxylic acids is 1. The highest BCUT2D eigenvalue weighted by atomic mass is 35.5. The normalized spacial score (nSPS) is 17.2. The molecule has 1 saturated heterocycles. The molecule has 2 aromatic carbocycles. The van der Waals surface area contributed by atoms with Gasteiger partial charge in [-0.25, -0.2) is 0 Å². The Morgan fingerprint density at radius 2 is 1.69 bits per heavy atom. The lowest BCUT2D eigenvalue weighted by Crippen LogP contribution is -2.39. The van der Waals surface area contributed by atoms with Crippen molar-refractivity contribution in [1.29, 1.82) is 0 Å². The summed E-state index contributed by atoms with van der Waals surface area (Å²) < 4.78 is 0. The van der Waals surface area contributed by atoms with Crippen molar-refractivity contribution in [3.63, 3.8) is 0 Å². The predicted octanol–water partition coefficient (Wildman–Crippen LogP) is 5.44. The highest BCUT2D eigenvalue weighted by molar-refractivity contribution is 6.42. The number of likely N-dealkylation sites (tertiary alicyclic amines) is 1. The fraction of sp³-hybridized carbons (Fsp3) is 0.381. The van der Waals surface area contributed by atoms with Gasteiger partial charge in [0, 0.05) is 0 Å². The maximum absolute atomic E-state index is 11.3. The summed E-state index contributed by atoms with van der Waals surface area (Å²) in [6.07, 6.45) is 2.34. The van der Waals surface area contributed by atoms with Gasteiger partial charge in [0.1, 0.15) is 0 Å². The van der Waals surface area contributed by atoms with Crippen molar-refractivity contribution in [3.8, 4) is 0 Å². The van der Waals surface area contributed by atoms with Gasteiger partial charge in [-0.3, -0.25) is 9.69 Å². The molecule has 0 aromatic heterocycles. The van der Waals surface area contributed by atoms with Gasteiger partial charge in [0.05, 0.1) is 22.0 Å². The zero-order valence-electron chi connectivity index (χ0n) is 14.8. The molecule has 2 aromatic rings. The van der Waals surface area contributed by atoms with Crippen LogP contribution in [0.1, 0.15) is 42.5 Å². The molecular formula is C21H23Cl2NO2. The van der Waals surface area contributed by atoms with Crippen LogP contribution in [0.25, 0.3) is 0 Å². The third kappa shape index (κ3) is 4.22. The SMILES string of the molecule is CCc1ccc(C(c2ccc(Cl)c(Cl)c2)N2CCC(C(=O)O)CC2)cc1. The summed E-state index contributed by atoms with van der Waals surface area (Å²) in [4.78, 5) is 13.6. The van der Waals surface area contributed by atoms with Crippen molar-refractivity contribution >= 4 is 29.2 Å². The van der Waals surface area contributed by atoms with Crippen LogP contribution in [0, 0.1) is 5.92 Å². The lowest BCUT2D eigenvalue weighted by molar-refractivity contribution is -0.143. The van der Waals surface area contributed by atoms with Gasteiger partial charge < -0.3 is 5.11 Å². The van der Waals surface area contributed by atoms with E-state index < -0.39 is 5.97 Å². The Balaban J connectivity index is 1.93. The summed E-state index contributed by atoms with van der Waals surface area (Å²) in [5.74, 6) is -0.939. The van der Waals surface area contributed by atoms with Gasteiger partial charge in [0.2, 0.25) is 0 Å². The van der Waals surface area contributed by atoms with Crippen LogP contribution in [-0.2, 0) is 11.2 Å². The number of hydrogen-bond donors (Lipinski definition) is 1. The zero-order chi connectivity index (χ0) is 18.7. The van der Waals surface area contributed by atoms with Crippen molar-refractivity contribution in [3.05, 3.63) is 69.2 Å². The van der Waals surface area contributed by atoms with Crippen molar-refractivity contribution in [2.75, 3.05) is 13.1 Å². The van der Waals surface area contributed by atoms with E-state index >= 15 is 0 Å². The fourth-order valence-corrected chi connectivity index (χ4v) is 3.94. The lowest BCUT2D eigenvalue weighted by Gasteiger charge is -2.37. The van der Waals surface area contributed by atoms with Gasteiger partial charge in [0.15, 0.2) is 0 Å². The minimum Gasteiger partial charge on any atom is -0.481 e. The van der Waals surface area contributed by atoms with Gasteiger partial charge >= 0.3 is 5.97 Å². The van der Waals surface area contributed by atoms with E-state index in [-0.39, 0.29) is 12.0 Å². The molecule has 0 saturated carbocycles. The number of carboxylic acids is 1. The van der Waals surface area contributed by atoms with E-state index in [1.165, 1.54) is 11.1 Å². The van der Waals surface area contributed by atoms with Crippen LogP contribution < -0.4 is 0 Å². The Kier molecular flexibility index (Phi) is 6.23. The van der Waals surface area contributed by atoms with Crippen LogP contribution in [0.5, 0.6) is 0 Å². The molecular weight excluding hydrogens is 369 g/mol. The number of carboxylic acid groups (broad SMARTS) is 1. The maximum atomic E-state index is 11.3. The van der Waals surface area contributed by atoms with Crippen molar-refractivity contribution in [2.24, 2.45) is 5.92 Å². The molecule has 1 aliphatic rings. The Hall–Kier alpha value is -1.55. The summed E-state index contributed by atoms with van der Waals surface area (Å²) in [6.45, 7) is 3.64. The third-order valence-electron chi connectivity index (χ3n) is 5.21. The van der Waals surface area contributed by atoms with Crippen molar-refractivity contribution in [2.45, 2.75) is 32.2 Å². The summed E-state index contributed by atoms with van der Waals surface area (Å²) in [6, 6.07) is 14.4. The van der Waals surface area contributed by atoms with E-state index in [4.69, 9.17) is 23.2 Å². The molecule has 5 heteroatoms. The predicted molar refractivity (Wildman–Crippen MR) is 106 cm³/mol. The van der Waals surface area contributed by atoms with E-state index in [1.54, 1.807) is 0 Å². The lowest BCUT2D eigenvalue weighted by atomic mass is 9.91. The van der Waals surface area contributed by atoms with Crippen molar-refractivity contribution in [1.82, 2.24) is 4.90 Å². The van der Waals surface area contributed by atoms with E-state index in [2.05, 4.69) is 36.1 Å². The standard InChI is InChI=1S/C21H23Cl2NO2/c1-2-14-3-5-15(6-4-14)20(17-7-8-18(22)19(23)13-17)24-11-9-16(10-12-24)21(25)26/h3-8,13,16,20H,2,9-12H2,1H3,(H,25,26). The molecule has 1 fully saturated rings. The smallest absolute Gasteiger partial charge is 0.306 e. The van der Waals surface area contributed by atoms with Crippen molar-refractivity contribution < 1.29 is 9.90 Å². The number of benzene rings is 2. The molecule has 1 unspecified atom stereocenters. The van der Waals surface area contributed by atoms with E-state index in [9.17, 15) is 9.90 Å². The van der Waals surface area contributed by atoms with Gasteiger partial charge in [-0.2, -0.15) is 0 Å². The number of rotatable bonds is 5. The third-order valence-corrected chi connectivity index (χ3v) is 5.95. The van der Waals surface area contributed by atoms with Crippen LogP contribution in [0.3, 0.4) is 0 Å². The van der Waals surface area contributed by atoms with Crippen LogP contribution in [0.2, 0.25) is 10.0 Å². The van der Waals surface area contributed by atoms with Crippen LogP contribution in [0.4, 0.5) is 0 Å². The first kappa shape index (κ1) is 19.2. The second-order valence-corrected chi connectivity index (χ2v) is 7.63. The van der Waals surface area contributed by atoms with Crippen LogP contribution in [-0.4, -0.2) is 29.1 Å². The molecule has 3 rings (SSSR count). The number of carbonyl (C=O) groups is 1. The number of halogens is 2. The molecule has 0 bridgehead atoms. The Morgan fingerprint density at radius 1 is 1.08 bits per heavy atom. The van der Waals surface area contributed by atoms with Gasteiger partial charge in [0.25, 0.3) is 0 Å². The Labute approximate surface area is 164 Å². The Morgan fingerprint density at radius 3 is 2.23 bits per heavy atom. The molecule has 3 nitrogen and oxygen atoms in total. The van der Waals surface area contributed by atoms with Gasteiger partial charge in [-0.1, -0.05) is 60.5 Å². The number of hydrogen-bond acceptors (Lipinski definition) is 2. The molecule has 0 radical (unpaired) electrons. The number of aryl methyl sites for hydroxylation is 1. The van der Waals surface area contributed by atoms with Gasteiger partial charge in [-0.05, 0) is 61.2 Å². The number of piperidine rings is 1. The zero-order valence-corrected chi connectivity index (χ0v) is 16.3. The largest absolute Gasteiger partial charge is 0.481 e. The summed E-state index contributed by atoms with van der Waals surface area (Å²) in [5, 5.41) is 10.4. The highest BCUT2D eigenvalue weighted by Crippen LogP contribution is 2.35. The second kappa shape index (κ2) is 8.43. The molecule has 0 spiro atoms. The first-order chi connectivity index (χ1) is 12.5. The topological polar surface area (TPSA) is 40.5 Å². The minimum absolute atomic E-state index is 0.0467. The average molecular weight is 392 g/mol. The summed E-state index contributed by atoms with van der Waals surface area (Å²) >= 11 is 12.4. The Bertz CT molecular complexity index is 768. The van der Waals surface area contributed by atoms with Crippen LogP contribution in [0.15, 0.2) is 42.5 Å². The molecule has 1 N–H and O–H groups in total. The first-order valence-corrected chi connectivity index (χ1v) is 9.75. The average Bonchev–Trinajstić information content (AvgIpc) is 2.66. The van der Waals surface area contributed by atoms with E-state index in [1.807, 2.05) is 18.2 Å². The molecule has 0 aliphatic carbocycles. The monoisotopic (exact) mass is 391 g/mol. The quantitative estimate of drug-likeness (QED) is 0.737. The molecule has 1 heterocycles. The highest BCUT2D eigenvalue weighted by Gasteiger charge is 2.30. The van der Waals surface area contributed by atoms with Gasteiger partial charge in [-0.15, -0.1) is 0 Å². The van der Waals surface area contributed by atoms with Crippen LogP contribution >= 0.6 is 23.2 Å². The summed E-state index contributed by atoms with van der Waals surface area (Å²) in [7, 11) is 0. The molecule has 1 atom stereocenters. The minimum atomic E-state index is -0.692. The maximum Gasteiger partial charge on any atom is 0.306 e. The summed E-state index contributed by atoms with van der Waals surface area (Å²) in [5.41, 5.74) is 3.57. The van der Waals surface area contributed by atoms with E-state index in [0.29, 0.717) is 22.9 Å². The number of nitrogens with zero attached hydrogens (tertiary/aromatic N) is 1. The molecule has 1 aliphatic heterocycles. The molecule has 0 amide bonds. The molecule has 138 valence electrons. The first-order valence-electron chi connectivity index (χ1n) is 9.00. The van der Waals surface area contributed by atoms with E-state index in [0.717, 1.165) is 25.1 Å².